The average molecular weight is 180 g/mol. The van der Waals surface area contributed by atoms with Crippen LogP contribution in [0.3, 0.4) is 0 Å². The molecule has 1 aliphatic rings. The van der Waals surface area contributed by atoms with E-state index in [4.69, 9.17) is 0 Å². The standard InChI is InChI=1S/C10H16N2O/c1-8-7-11-10(13)12(8)9-5-3-2-4-6-9/h7,9H,2-6H2,1H3,(H,11,13). The van der Waals surface area contributed by atoms with Gasteiger partial charge in [0.1, 0.15) is 0 Å². The highest BCUT2D eigenvalue weighted by atomic mass is 16.1. The van der Waals surface area contributed by atoms with Crippen molar-refractivity contribution in [2.45, 2.75) is 45.1 Å². The van der Waals surface area contributed by atoms with Crippen molar-refractivity contribution < 1.29 is 0 Å². The Morgan fingerprint density at radius 2 is 2.08 bits per heavy atom. The summed E-state index contributed by atoms with van der Waals surface area (Å²) in [6.07, 6.45) is 7.99. The third-order valence-electron chi connectivity index (χ3n) is 2.94. The number of nitrogens with one attached hydrogen (secondary N) is 1. The van der Waals surface area contributed by atoms with Crippen LogP contribution < -0.4 is 5.69 Å². The molecule has 0 aliphatic heterocycles. The van der Waals surface area contributed by atoms with Gasteiger partial charge in [-0.15, -0.1) is 0 Å². The second-order valence-electron chi connectivity index (χ2n) is 3.90. The summed E-state index contributed by atoms with van der Waals surface area (Å²) in [5.74, 6) is 0. The van der Waals surface area contributed by atoms with Gasteiger partial charge in [0.15, 0.2) is 0 Å². The second-order valence-corrected chi connectivity index (χ2v) is 3.90. The lowest BCUT2D eigenvalue weighted by Gasteiger charge is -2.23. The largest absolute Gasteiger partial charge is 0.325 e. The molecule has 2 rings (SSSR count). The van der Waals surface area contributed by atoms with Crippen LogP contribution in [0.25, 0.3) is 0 Å². The van der Waals surface area contributed by atoms with Crippen LogP contribution in [0, 0.1) is 6.92 Å². The van der Waals surface area contributed by atoms with Gasteiger partial charge in [-0.05, 0) is 19.8 Å². The van der Waals surface area contributed by atoms with E-state index in [1.54, 1.807) is 6.20 Å². The molecule has 1 aromatic rings. The van der Waals surface area contributed by atoms with Gasteiger partial charge in [0.25, 0.3) is 0 Å². The fourth-order valence-corrected chi connectivity index (χ4v) is 2.26. The van der Waals surface area contributed by atoms with Crippen LogP contribution in [0.15, 0.2) is 11.0 Å². The molecular formula is C10H16N2O. The number of aryl methyl sites for hydroxylation is 1. The van der Waals surface area contributed by atoms with Crippen LogP contribution in [0.5, 0.6) is 0 Å². The topological polar surface area (TPSA) is 37.8 Å². The molecule has 0 aromatic carbocycles. The molecular weight excluding hydrogens is 164 g/mol. The first-order chi connectivity index (χ1) is 6.29. The first-order valence-electron chi connectivity index (χ1n) is 5.05. The Hall–Kier alpha value is -0.990. The molecule has 3 nitrogen and oxygen atoms in total. The summed E-state index contributed by atoms with van der Waals surface area (Å²) in [6.45, 7) is 1.99. The third-order valence-corrected chi connectivity index (χ3v) is 2.94. The van der Waals surface area contributed by atoms with Gasteiger partial charge in [-0.2, -0.15) is 0 Å². The van der Waals surface area contributed by atoms with E-state index in [0.717, 1.165) is 5.69 Å². The zero-order valence-electron chi connectivity index (χ0n) is 8.05. The molecule has 0 unspecified atom stereocenters. The van der Waals surface area contributed by atoms with Gasteiger partial charge < -0.3 is 4.98 Å². The monoisotopic (exact) mass is 180 g/mol. The van der Waals surface area contributed by atoms with Crippen molar-refractivity contribution >= 4 is 0 Å². The van der Waals surface area contributed by atoms with Crippen LogP contribution in [0.1, 0.15) is 43.8 Å². The number of imidazole rings is 1. The molecule has 0 spiro atoms. The Balaban J connectivity index is 2.27. The summed E-state index contributed by atoms with van der Waals surface area (Å²) >= 11 is 0. The SMILES string of the molecule is Cc1c[nH]c(=O)n1C1CCCCC1. The summed E-state index contributed by atoms with van der Waals surface area (Å²) < 4.78 is 1.92. The Labute approximate surface area is 77.8 Å². The molecule has 1 aliphatic carbocycles. The Bertz CT molecular complexity index is 331. The quantitative estimate of drug-likeness (QED) is 0.705. The van der Waals surface area contributed by atoms with Crippen molar-refractivity contribution in [1.29, 1.82) is 0 Å². The smallest absolute Gasteiger partial charge is 0.312 e. The lowest BCUT2D eigenvalue weighted by molar-refractivity contribution is 0.343. The van der Waals surface area contributed by atoms with Crippen molar-refractivity contribution in [3.8, 4) is 0 Å². The molecule has 0 atom stereocenters. The maximum atomic E-state index is 11.4. The minimum atomic E-state index is 0.0596. The molecule has 1 N–H and O–H groups in total. The van der Waals surface area contributed by atoms with Gasteiger partial charge in [-0.25, -0.2) is 4.79 Å². The van der Waals surface area contributed by atoms with E-state index in [-0.39, 0.29) is 5.69 Å². The van der Waals surface area contributed by atoms with Gasteiger partial charge in [-0.3, -0.25) is 4.57 Å². The fourth-order valence-electron chi connectivity index (χ4n) is 2.26. The number of aromatic nitrogens is 2. The van der Waals surface area contributed by atoms with Crippen molar-refractivity contribution in [3.63, 3.8) is 0 Å². The number of rotatable bonds is 1. The summed E-state index contributed by atoms with van der Waals surface area (Å²) in [4.78, 5) is 14.2. The van der Waals surface area contributed by atoms with E-state index in [0.29, 0.717) is 6.04 Å². The van der Waals surface area contributed by atoms with E-state index in [9.17, 15) is 4.79 Å². The zero-order valence-corrected chi connectivity index (χ0v) is 8.05. The molecule has 1 fully saturated rings. The van der Waals surface area contributed by atoms with E-state index < -0.39 is 0 Å². The van der Waals surface area contributed by atoms with Gasteiger partial charge >= 0.3 is 5.69 Å². The summed E-state index contributed by atoms with van der Waals surface area (Å²) in [7, 11) is 0. The van der Waals surface area contributed by atoms with Crippen LogP contribution >= 0.6 is 0 Å². The fraction of sp³-hybridized carbons (Fsp3) is 0.700. The number of aromatic amines is 1. The molecule has 1 saturated carbocycles. The molecule has 1 aromatic heterocycles. The number of nitrogens with zero attached hydrogens (tertiary/aromatic N) is 1. The van der Waals surface area contributed by atoms with Gasteiger partial charge in [0.2, 0.25) is 0 Å². The van der Waals surface area contributed by atoms with E-state index in [1.165, 1.54) is 32.1 Å². The Morgan fingerprint density at radius 1 is 1.38 bits per heavy atom. The average Bonchev–Trinajstić information content (AvgIpc) is 2.48. The number of H-pyrrole nitrogens is 1. The summed E-state index contributed by atoms with van der Waals surface area (Å²) in [5.41, 5.74) is 1.13. The second kappa shape index (κ2) is 3.40. The van der Waals surface area contributed by atoms with E-state index in [2.05, 4.69) is 4.98 Å². The highest BCUT2D eigenvalue weighted by Gasteiger charge is 2.17. The molecule has 0 saturated heterocycles. The van der Waals surface area contributed by atoms with E-state index in [1.807, 2.05) is 11.5 Å². The summed E-state index contributed by atoms with van der Waals surface area (Å²) in [6, 6.07) is 0.451. The van der Waals surface area contributed by atoms with Crippen LogP contribution in [0.2, 0.25) is 0 Å². The predicted octanol–water partition coefficient (Wildman–Crippen LogP) is 1.99. The lowest BCUT2D eigenvalue weighted by atomic mass is 9.95. The third kappa shape index (κ3) is 1.55. The molecule has 1 heterocycles. The number of hydrogen-bond donors (Lipinski definition) is 1. The van der Waals surface area contributed by atoms with Gasteiger partial charge in [-0.1, -0.05) is 19.3 Å². The molecule has 3 heteroatoms. The Kier molecular flexibility index (Phi) is 2.25. The summed E-state index contributed by atoms with van der Waals surface area (Å²) in [5, 5.41) is 0. The molecule has 0 amide bonds. The number of hydrogen-bond acceptors (Lipinski definition) is 1. The van der Waals surface area contributed by atoms with Crippen LogP contribution in [-0.4, -0.2) is 9.55 Å². The van der Waals surface area contributed by atoms with Gasteiger partial charge in [0.05, 0.1) is 0 Å². The van der Waals surface area contributed by atoms with Crippen LogP contribution in [0.4, 0.5) is 0 Å². The maximum Gasteiger partial charge on any atom is 0.325 e. The zero-order chi connectivity index (χ0) is 9.26. The molecule has 72 valence electrons. The first kappa shape index (κ1) is 8.60. The normalized spacial score (nSPS) is 19.2. The van der Waals surface area contributed by atoms with E-state index >= 15 is 0 Å². The molecule has 0 radical (unpaired) electrons. The minimum absolute atomic E-state index is 0.0596. The van der Waals surface area contributed by atoms with Crippen molar-refractivity contribution in [1.82, 2.24) is 9.55 Å². The molecule has 13 heavy (non-hydrogen) atoms. The minimum Gasteiger partial charge on any atom is -0.312 e. The van der Waals surface area contributed by atoms with Crippen LogP contribution in [-0.2, 0) is 0 Å². The first-order valence-corrected chi connectivity index (χ1v) is 5.05. The van der Waals surface area contributed by atoms with Crippen molar-refractivity contribution in [3.05, 3.63) is 22.4 Å². The molecule has 0 bridgehead atoms. The van der Waals surface area contributed by atoms with Gasteiger partial charge in [0, 0.05) is 17.9 Å². The Morgan fingerprint density at radius 3 is 2.62 bits per heavy atom. The maximum absolute atomic E-state index is 11.4. The van der Waals surface area contributed by atoms with Crippen molar-refractivity contribution in [2.24, 2.45) is 0 Å². The predicted molar refractivity (Wildman–Crippen MR) is 51.9 cm³/mol. The van der Waals surface area contributed by atoms with Crippen molar-refractivity contribution in [2.75, 3.05) is 0 Å². The highest BCUT2D eigenvalue weighted by molar-refractivity contribution is 4.97. The highest BCUT2D eigenvalue weighted by Crippen LogP contribution is 2.27. The lowest BCUT2D eigenvalue weighted by Crippen LogP contribution is -2.25.